The molecule has 0 aliphatic heterocycles. The summed E-state index contributed by atoms with van der Waals surface area (Å²) in [4.78, 5) is 2.44. The van der Waals surface area contributed by atoms with Gasteiger partial charge in [-0.2, -0.15) is 0 Å². The first-order valence-electron chi connectivity index (χ1n) is 23.2. The molecule has 67 heavy (non-hydrogen) atoms. The number of aromatic nitrogens is 1. The first-order valence-corrected chi connectivity index (χ1v) is 23.2. The van der Waals surface area contributed by atoms with Gasteiger partial charge in [-0.3, -0.25) is 0 Å². The third kappa shape index (κ3) is 6.18. The van der Waals surface area contributed by atoms with E-state index in [1.165, 1.54) is 82.7 Å². The average molecular weight is 853 g/mol. The normalized spacial score (nSPS) is 14.0. The molecule has 0 saturated carbocycles. The second kappa shape index (κ2) is 15.8. The zero-order chi connectivity index (χ0) is 44.3. The average Bonchev–Trinajstić information content (AvgIpc) is 3.90. The highest BCUT2D eigenvalue weighted by atomic mass is 15.1. The van der Waals surface area contributed by atoms with Gasteiger partial charge in [-0.1, -0.05) is 218 Å². The number of anilines is 3. The summed E-state index contributed by atoms with van der Waals surface area (Å²) in [5.74, 6) is 0. The summed E-state index contributed by atoms with van der Waals surface area (Å²) in [6.45, 7) is 0. The van der Waals surface area contributed by atoms with Gasteiger partial charge >= 0.3 is 0 Å². The van der Waals surface area contributed by atoms with Crippen molar-refractivity contribution in [3.8, 4) is 39.1 Å². The molecule has 0 saturated heterocycles. The summed E-state index contributed by atoms with van der Waals surface area (Å²) in [7, 11) is 0. The van der Waals surface area contributed by atoms with Crippen LogP contribution in [0.3, 0.4) is 0 Å². The van der Waals surface area contributed by atoms with E-state index < -0.39 is 5.41 Å². The van der Waals surface area contributed by atoms with Crippen LogP contribution in [0.2, 0.25) is 0 Å². The van der Waals surface area contributed by atoms with E-state index in [2.05, 4.69) is 276 Å². The molecule has 1 unspecified atom stereocenters. The Morgan fingerprint density at radius 3 is 1.66 bits per heavy atom. The van der Waals surface area contributed by atoms with E-state index in [0.29, 0.717) is 0 Å². The SMILES string of the molecule is c1ccc(-c2ccc(C3(c4ccccc4)c4ccccc4-c4ccc(N(c5ccccc5)c5ccc6c7ccc8ccccc8c7n(-c7cccc(-c8ccccc8)c7)c6c5)cc43)cc2)cc1. The quantitative estimate of drug-likeness (QED) is 0.148. The van der Waals surface area contributed by atoms with Gasteiger partial charge < -0.3 is 9.47 Å². The van der Waals surface area contributed by atoms with Crippen LogP contribution in [0, 0.1) is 0 Å². The van der Waals surface area contributed by atoms with Crippen LogP contribution in [0.1, 0.15) is 22.3 Å². The zero-order valence-electron chi connectivity index (χ0n) is 36.8. The maximum Gasteiger partial charge on any atom is 0.0714 e. The molecule has 0 fully saturated rings. The third-order valence-electron chi connectivity index (χ3n) is 14.0. The Bertz CT molecular complexity index is 3780. The van der Waals surface area contributed by atoms with Crippen LogP contribution in [-0.2, 0) is 5.41 Å². The summed E-state index contributed by atoms with van der Waals surface area (Å²) >= 11 is 0. The summed E-state index contributed by atoms with van der Waals surface area (Å²) in [5.41, 5.74) is 18.6. The van der Waals surface area contributed by atoms with E-state index in [9.17, 15) is 0 Å². The predicted octanol–water partition coefficient (Wildman–Crippen LogP) is 17.1. The van der Waals surface area contributed by atoms with Crippen LogP contribution in [0.4, 0.5) is 17.1 Å². The minimum atomic E-state index is -0.567. The maximum atomic E-state index is 2.49. The molecule has 0 bridgehead atoms. The largest absolute Gasteiger partial charge is 0.310 e. The molecule has 1 aliphatic rings. The number of rotatable bonds is 8. The van der Waals surface area contributed by atoms with Crippen LogP contribution in [0.15, 0.2) is 267 Å². The van der Waals surface area contributed by atoms with E-state index in [4.69, 9.17) is 0 Å². The van der Waals surface area contributed by atoms with Crippen LogP contribution in [0.5, 0.6) is 0 Å². The topological polar surface area (TPSA) is 8.17 Å². The van der Waals surface area contributed by atoms with E-state index in [-0.39, 0.29) is 0 Å². The van der Waals surface area contributed by atoms with E-state index in [1.54, 1.807) is 0 Å². The highest BCUT2D eigenvalue weighted by Crippen LogP contribution is 2.57. The van der Waals surface area contributed by atoms with Crippen LogP contribution in [0.25, 0.3) is 71.6 Å². The van der Waals surface area contributed by atoms with E-state index >= 15 is 0 Å². The van der Waals surface area contributed by atoms with Crippen LogP contribution < -0.4 is 4.90 Å². The lowest BCUT2D eigenvalue weighted by molar-refractivity contribution is 0.768. The standard InChI is InChI=1S/C65H44N2/c1-5-18-45(19-6-1)47-32-35-51(36-33-47)65(50-24-9-3-10-25-50)61-31-16-15-30-57(61)58-40-37-54(43-62(58)65)66(52-26-11-4-12-27-52)55-38-41-59-60-39-34-48-22-13-14-29-56(48)64(60)67(63(59)44-55)53-28-17-23-49(42-53)46-20-7-2-8-21-46/h1-44H. The van der Waals surface area contributed by atoms with Crippen molar-refractivity contribution in [1.29, 1.82) is 0 Å². The van der Waals surface area contributed by atoms with Gasteiger partial charge in [-0.05, 0) is 110 Å². The van der Waals surface area contributed by atoms with Crippen molar-refractivity contribution >= 4 is 49.6 Å². The van der Waals surface area contributed by atoms with Crippen molar-refractivity contribution in [1.82, 2.24) is 4.57 Å². The summed E-state index contributed by atoms with van der Waals surface area (Å²) in [5, 5.41) is 4.90. The van der Waals surface area contributed by atoms with Gasteiger partial charge in [0.25, 0.3) is 0 Å². The monoisotopic (exact) mass is 852 g/mol. The smallest absolute Gasteiger partial charge is 0.0714 e. The van der Waals surface area contributed by atoms with Crippen molar-refractivity contribution < 1.29 is 0 Å². The lowest BCUT2D eigenvalue weighted by Gasteiger charge is -2.35. The Balaban J connectivity index is 1.05. The number of benzene rings is 11. The van der Waals surface area contributed by atoms with Gasteiger partial charge in [0.15, 0.2) is 0 Å². The lowest BCUT2D eigenvalue weighted by Crippen LogP contribution is -2.28. The number of hydrogen-bond acceptors (Lipinski definition) is 1. The van der Waals surface area contributed by atoms with Crippen molar-refractivity contribution in [3.63, 3.8) is 0 Å². The molecule has 1 heterocycles. The molecule has 0 spiro atoms. The molecule has 0 N–H and O–H groups in total. The Morgan fingerprint density at radius 2 is 0.881 bits per heavy atom. The first kappa shape index (κ1) is 38.7. The minimum absolute atomic E-state index is 0.567. The number of nitrogens with zero attached hydrogens (tertiary/aromatic N) is 2. The van der Waals surface area contributed by atoms with Gasteiger partial charge in [0.05, 0.1) is 16.4 Å². The second-order valence-corrected chi connectivity index (χ2v) is 17.6. The van der Waals surface area contributed by atoms with Crippen molar-refractivity contribution in [2.24, 2.45) is 0 Å². The van der Waals surface area contributed by atoms with Gasteiger partial charge in [0, 0.05) is 38.9 Å². The number of fused-ring (bicyclic) bond motifs is 8. The molecule has 13 rings (SSSR count). The molecule has 12 aromatic rings. The van der Waals surface area contributed by atoms with Crippen molar-refractivity contribution in [2.75, 3.05) is 4.90 Å². The molecule has 2 heteroatoms. The molecule has 0 amide bonds. The van der Waals surface area contributed by atoms with Crippen molar-refractivity contribution in [2.45, 2.75) is 5.41 Å². The first-order chi connectivity index (χ1) is 33.2. The van der Waals surface area contributed by atoms with Crippen LogP contribution in [-0.4, -0.2) is 4.57 Å². The molecule has 1 atom stereocenters. The maximum absolute atomic E-state index is 2.49. The Hall–Kier alpha value is -8.72. The third-order valence-corrected chi connectivity index (χ3v) is 14.0. The fraction of sp³-hybridized carbons (Fsp3) is 0.0154. The molecular weight excluding hydrogens is 809 g/mol. The Kier molecular flexibility index (Phi) is 9.11. The zero-order valence-corrected chi connectivity index (χ0v) is 36.8. The fourth-order valence-electron chi connectivity index (χ4n) is 11.1. The van der Waals surface area contributed by atoms with Gasteiger partial charge in [-0.25, -0.2) is 0 Å². The molecule has 1 aliphatic carbocycles. The van der Waals surface area contributed by atoms with Gasteiger partial charge in [0.2, 0.25) is 0 Å². The molecule has 1 aromatic heterocycles. The minimum Gasteiger partial charge on any atom is -0.310 e. The van der Waals surface area contributed by atoms with Gasteiger partial charge in [-0.15, -0.1) is 0 Å². The van der Waals surface area contributed by atoms with Gasteiger partial charge in [0.1, 0.15) is 0 Å². The second-order valence-electron chi connectivity index (χ2n) is 17.6. The highest BCUT2D eigenvalue weighted by molar-refractivity contribution is 6.19. The summed E-state index contributed by atoms with van der Waals surface area (Å²) in [6, 6.07) is 98.2. The summed E-state index contributed by atoms with van der Waals surface area (Å²) in [6.07, 6.45) is 0. The number of para-hydroxylation sites is 1. The molecular formula is C65H44N2. The molecule has 11 aromatic carbocycles. The van der Waals surface area contributed by atoms with E-state index in [1.807, 2.05) is 0 Å². The van der Waals surface area contributed by atoms with Crippen LogP contribution >= 0.6 is 0 Å². The molecule has 0 radical (unpaired) electrons. The van der Waals surface area contributed by atoms with E-state index in [0.717, 1.165) is 28.3 Å². The lowest BCUT2D eigenvalue weighted by atomic mass is 9.67. The highest BCUT2D eigenvalue weighted by Gasteiger charge is 2.46. The van der Waals surface area contributed by atoms with Crippen molar-refractivity contribution in [3.05, 3.63) is 289 Å². The fourth-order valence-corrected chi connectivity index (χ4v) is 11.1. The Morgan fingerprint density at radius 1 is 0.313 bits per heavy atom. The number of hydrogen-bond donors (Lipinski definition) is 0. The predicted molar refractivity (Wildman–Crippen MR) is 281 cm³/mol. The molecule has 2 nitrogen and oxygen atoms in total. The molecule has 314 valence electrons. The Labute approximate surface area is 390 Å². The summed E-state index contributed by atoms with van der Waals surface area (Å²) < 4.78 is 2.49.